The van der Waals surface area contributed by atoms with E-state index in [9.17, 15) is 9.90 Å². The molecule has 1 heterocycles. The van der Waals surface area contributed by atoms with Crippen LogP contribution in [0.25, 0.3) is 11.0 Å². The number of aliphatic hydroxyl groups is 1. The van der Waals surface area contributed by atoms with Crippen molar-refractivity contribution in [1.29, 1.82) is 0 Å². The van der Waals surface area contributed by atoms with Crippen molar-refractivity contribution >= 4 is 16.9 Å². The van der Waals surface area contributed by atoms with E-state index in [4.69, 9.17) is 4.74 Å². The van der Waals surface area contributed by atoms with Crippen LogP contribution in [-0.2, 0) is 13.1 Å². The quantitative estimate of drug-likeness (QED) is 0.444. The lowest BCUT2D eigenvalue weighted by Gasteiger charge is -2.16. The lowest BCUT2D eigenvalue weighted by Crippen LogP contribution is -2.28. The van der Waals surface area contributed by atoms with Crippen LogP contribution in [0.1, 0.15) is 27.3 Å². The van der Waals surface area contributed by atoms with Gasteiger partial charge in [-0.15, -0.1) is 0 Å². The Balaban J connectivity index is 1.47. The summed E-state index contributed by atoms with van der Waals surface area (Å²) in [6, 6.07) is 22.8. The van der Waals surface area contributed by atoms with Gasteiger partial charge in [-0.25, -0.2) is 4.98 Å². The number of nitrogens with zero attached hydrogens (tertiary/aromatic N) is 2. The highest BCUT2D eigenvalue weighted by Crippen LogP contribution is 2.19. The molecule has 32 heavy (non-hydrogen) atoms. The third-order valence-corrected chi connectivity index (χ3v) is 5.21. The molecular formula is C26H27N3O3. The molecule has 0 bridgehead atoms. The molecular weight excluding hydrogens is 402 g/mol. The number of hydrogen-bond acceptors (Lipinski definition) is 4. The predicted molar refractivity (Wildman–Crippen MR) is 125 cm³/mol. The molecule has 4 rings (SSSR count). The van der Waals surface area contributed by atoms with Crippen LogP contribution in [0.4, 0.5) is 0 Å². The molecule has 6 heteroatoms. The van der Waals surface area contributed by atoms with Gasteiger partial charge in [0.1, 0.15) is 24.3 Å². The molecule has 164 valence electrons. The minimum Gasteiger partial charge on any atom is -0.491 e. The van der Waals surface area contributed by atoms with Gasteiger partial charge in [0.2, 0.25) is 0 Å². The number of ether oxygens (including phenoxy) is 1. The Hall–Kier alpha value is -3.64. The van der Waals surface area contributed by atoms with Crippen LogP contribution in [0.5, 0.6) is 5.75 Å². The van der Waals surface area contributed by atoms with Crippen molar-refractivity contribution in [3.63, 3.8) is 0 Å². The average Bonchev–Trinajstić information content (AvgIpc) is 3.13. The van der Waals surface area contributed by atoms with Gasteiger partial charge in [-0.1, -0.05) is 36.4 Å². The minimum absolute atomic E-state index is 0.158. The molecule has 0 aliphatic rings. The molecule has 1 aromatic heterocycles. The van der Waals surface area contributed by atoms with Gasteiger partial charge in [0.05, 0.1) is 24.1 Å². The van der Waals surface area contributed by atoms with E-state index >= 15 is 0 Å². The van der Waals surface area contributed by atoms with Crippen molar-refractivity contribution in [3.05, 3.63) is 95.3 Å². The van der Waals surface area contributed by atoms with E-state index in [1.165, 1.54) is 0 Å². The molecule has 1 atom stereocenters. The van der Waals surface area contributed by atoms with E-state index in [0.29, 0.717) is 17.9 Å². The summed E-state index contributed by atoms with van der Waals surface area (Å²) in [4.78, 5) is 17.1. The van der Waals surface area contributed by atoms with Gasteiger partial charge in [0, 0.05) is 5.56 Å². The summed E-state index contributed by atoms with van der Waals surface area (Å²) in [6.45, 7) is 4.76. The van der Waals surface area contributed by atoms with Crippen molar-refractivity contribution in [3.8, 4) is 5.75 Å². The third-order valence-electron chi connectivity index (χ3n) is 5.21. The standard InChI is InChI=1S/C26H27N3O3/c1-18-12-19(2)14-22(13-18)32-17-21(30)16-29-24-11-7-6-10-23(24)28-25(29)15-27-26(31)20-8-4-3-5-9-20/h3-14,21,30H,15-17H2,1-2H3,(H,27,31). The highest BCUT2D eigenvalue weighted by Gasteiger charge is 2.16. The monoisotopic (exact) mass is 429 g/mol. The van der Waals surface area contributed by atoms with Crippen LogP contribution in [0.3, 0.4) is 0 Å². The van der Waals surface area contributed by atoms with Crippen LogP contribution in [-0.4, -0.2) is 33.3 Å². The second kappa shape index (κ2) is 9.66. The van der Waals surface area contributed by atoms with Gasteiger partial charge in [0.25, 0.3) is 5.91 Å². The molecule has 0 aliphatic carbocycles. The molecule has 0 fully saturated rings. The molecule has 0 radical (unpaired) electrons. The summed E-state index contributed by atoms with van der Waals surface area (Å²) >= 11 is 0. The Labute approximate surface area is 187 Å². The molecule has 0 saturated heterocycles. The number of aryl methyl sites for hydroxylation is 2. The molecule has 4 aromatic rings. The number of benzene rings is 3. The maximum absolute atomic E-state index is 12.5. The van der Waals surface area contributed by atoms with Crippen LogP contribution in [0.2, 0.25) is 0 Å². The summed E-state index contributed by atoms with van der Waals surface area (Å²) in [5.74, 6) is 1.26. The second-order valence-electron chi connectivity index (χ2n) is 7.96. The largest absolute Gasteiger partial charge is 0.491 e. The van der Waals surface area contributed by atoms with Crippen LogP contribution in [0.15, 0.2) is 72.8 Å². The first kappa shape index (κ1) is 21.6. The van der Waals surface area contributed by atoms with Gasteiger partial charge in [-0.05, 0) is 61.4 Å². The van der Waals surface area contributed by atoms with E-state index in [2.05, 4.69) is 16.4 Å². The number of carbonyl (C=O) groups is 1. The number of aliphatic hydroxyl groups excluding tert-OH is 1. The first-order valence-corrected chi connectivity index (χ1v) is 10.7. The van der Waals surface area contributed by atoms with Crippen molar-refractivity contribution in [2.24, 2.45) is 0 Å². The number of carbonyl (C=O) groups excluding carboxylic acids is 1. The predicted octanol–water partition coefficient (Wildman–Crippen LogP) is 4.02. The fourth-order valence-electron chi connectivity index (χ4n) is 3.79. The van der Waals surface area contributed by atoms with Gasteiger partial charge in [-0.2, -0.15) is 0 Å². The van der Waals surface area contributed by atoms with Crippen LogP contribution < -0.4 is 10.1 Å². The maximum atomic E-state index is 12.5. The first-order chi connectivity index (χ1) is 15.5. The summed E-state index contributed by atoms with van der Waals surface area (Å²) in [6.07, 6.45) is -0.739. The molecule has 0 spiro atoms. The van der Waals surface area contributed by atoms with Crippen LogP contribution in [0, 0.1) is 13.8 Å². The van der Waals surface area contributed by atoms with Crippen molar-refractivity contribution in [2.75, 3.05) is 6.61 Å². The number of fused-ring (bicyclic) bond motifs is 1. The smallest absolute Gasteiger partial charge is 0.251 e. The van der Waals surface area contributed by atoms with Gasteiger partial charge < -0.3 is 19.7 Å². The third kappa shape index (κ3) is 5.15. The zero-order valence-corrected chi connectivity index (χ0v) is 18.3. The van der Waals surface area contributed by atoms with E-state index < -0.39 is 6.10 Å². The average molecular weight is 430 g/mol. The highest BCUT2D eigenvalue weighted by molar-refractivity contribution is 5.94. The Morgan fingerprint density at radius 2 is 1.72 bits per heavy atom. The number of hydrogen-bond donors (Lipinski definition) is 2. The Morgan fingerprint density at radius 3 is 2.47 bits per heavy atom. The fraction of sp³-hybridized carbons (Fsp3) is 0.231. The number of nitrogens with one attached hydrogen (secondary N) is 1. The number of rotatable bonds is 8. The summed E-state index contributed by atoms with van der Waals surface area (Å²) in [5.41, 5.74) is 4.55. The normalized spacial score (nSPS) is 12.0. The van der Waals surface area contributed by atoms with E-state index in [-0.39, 0.29) is 19.1 Å². The Kier molecular flexibility index (Phi) is 6.52. The molecule has 1 amide bonds. The van der Waals surface area contributed by atoms with Gasteiger partial charge in [0.15, 0.2) is 0 Å². The van der Waals surface area contributed by atoms with Crippen molar-refractivity contribution in [2.45, 2.75) is 33.0 Å². The zero-order chi connectivity index (χ0) is 22.5. The molecule has 2 N–H and O–H groups in total. The molecule has 6 nitrogen and oxygen atoms in total. The number of aromatic nitrogens is 2. The summed E-state index contributed by atoms with van der Waals surface area (Å²) in [7, 11) is 0. The fourth-order valence-corrected chi connectivity index (χ4v) is 3.79. The van der Waals surface area contributed by atoms with E-state index in [1.807, 2.05) is 73.0 Å². The number of para-hydroxylation sites is 2. The van der Waals surface area contributed by atoms with Gasteiger partial charge >= 0.3 is 0 Å². The summed E-state index contributed by atoms with van der Waals surface area (Å²) < 4.78 is 7.77. The molecule has 3 aromatic carbocycles. The number of imidazole rings is 1. The molecule has 1 unspecified atom stereocenters. The topological polar surface area (TPSA) is 76.4 Å². The lowest BCUT2D eigenvalue weighted by molar-refractivity contribution is 0.0916. The maximum Gasteiger partial charge on any atom is 0.251 e. The van der Waals surface area contributed by atoms with Crippen molar-refractivity contribution < 1.29 is 14.6 Å². The minimum atomic E-state index is -0.739. The highest BCUT2D eigenvalue weighted by atomic mass is 16.5. The van der Waals surface area contributed by atoms with Gasteiger partial charge in [-0.3, -0.25) is 4.79 Å². The zero-order valence-electron chi connectivity index (χ0n) is 18.3. The molecule has 0 aliphatic heterocycles. The van der Waals surface area contributed by atoms with Crippen molar-refractivity contribution in [1.82, 2.24) is 14.9 Å². The lowest BCUT2D eigenvalue weighted by atomic mass is 10.1. The number of amides is 1. The Bertz CT molecular complexity index is 1200. The van der Waals surface area contributed by atoms with E-state index in [1.54, 1.807) is 12.1 Å². The first-order valence-electron chi connectivity index (χ1n) is 10.7. The SMILES string of the molecule is Cc1cc(C)cc(OCC(O)Cn2c(CNC(=O)c3ccccc3)nc3ccccc32)c1. The second-order valence-corrected chi connectivity index (χ2v) is 7.96. The molecule has 0 saturated carbocycles. The Morgan fingerprint density at radius 1 is 1.03 bits per heavy atom. The van der Waals surface area contributed by atoms with Crippen LogP contribution >= 0.6 is 0 Å². The summed E-state index contributed by atoms with van der Waals surface area (Å²) in [5, 5.41) is 13.6. The van der Waals surface area contributed by atoms with E-state index in [0.717, 1.165) is 27.9 Å².